The van der Waals surface area contributed by atoms with Gasteiger partial charge >= 0.3 is 0 Å². The van der Waals surface area contributed by atoms with Gasteiger partial charge in [-0.1, -0.05) is 31.0 Å². The fourth-order valence-corrected chi connectivity index (χ4v) is 2.73. The summed E-state index contributed by atoms with van der Waals surface area (Å²) in [7, 11) is 0. The number of ketones is 1. The van der Waals surface area contributed by atoms with Crippen molar-refractivity contribution in [1.82, 2.24) is 15.3 Å². The van der Waals surface area contributed by atoms with Gasteiger partial charge in [0.1, 0.15) is 12.0 Å². The van der Waals surface area contributed by atoms with E-state index in [1.807, 2.05) is 30.3 Å². The van der Waals surface area contributed by atoms with E-state index in [-0.39, 0.29) is 17.6 Å². The fourth-order valence-electron chi connectivity index (χ4n) is 2.73. The van der Waals surface area contributed by atoms with Crippen molar-refractivity contribution in [2.75, 3.05) is 6.54 Å². The van der Waals surface area contributed by atoms with Crippen LogP contribution in [0.4, 0.5) is 0 Å². The van der Waals surface area contributed by atoms with E-state index in [2.05, 4.69) is 15.3 Å². The Kier molecular flexibility index (Phi) is 5.61. The number of Topliss-reactive ketones (excluding diaryl/α,β-unsaturated/α-hetero) is 1. The topological polar surface area (TPSA) is 88.0 Å². The van der Waals surface area contributed by atoms with E-state index in [1.165, 1.54) is 12.5 Å². The van der Waals surface area contributed by atoms with Crippen molar-refractivity contribution < 1.29 is 14.0 Å². The van der Waals surface area contributed by atoms with Crippen LogP contribution in [0, 0.1) is 0 Å². The summed E-state index contributed by atoms with van der Waals surface area (Å²) in [4.78, 5) is 30.8. The van der Waals surface area contributed by atoms with Crippen molar-refractivity contribution in [1.29, 1.82) is 0 Å². The third-order valence-electron chi connectivity index (χ3n) is 4.06. The molecule has 130 valence electrons. The summed E-state index contributed by atoms with van der Waals surface area (Å²) < 4.78 is 4.97. The van der Waals surface area contributed by atoms with E-state index in [9.17, 15) is 9.59 Å². The van der Waals surface area contributed by atoms with Gasteiger partial charge < -0.3 is 14.7 Å². The van der Waals surface area contributed by atoms with Crippen LogP contribution in [0.2, 0.25) is 0 Å². The van der Waals surface area contributed by atoms with Gasteiger partial charge in [-0.3, -0.25) is 9.59 Å². The summed E-state index contributed by atoms with van der Waals surface area (Å²) in [5, 5.41) is 3.95. The molecule has 0 saturated carbocycles. The zero-order valence-electron chi connectivity index (χ0n) is 14.0. The highest BCUT2D eigenvalue weighted by molar-refractivity contribution is 5.97. The average molecular weight is 339 g/mol. The van der Waals surface area contributed by atoms with Crippen LogP contribution in [0.5, 0.6) is 0 Å². The number of fused-ring (bicyclic) bond motifs is 1. The molecular weight excluding hydrogens is 318 g/mol. The van der Waals surface area contributed by atoms with Gasteiger partial charge in [0.2, 0.25) is 5.78 Å². The molecule has 0 aliphatic rings. The van der Waals surface area contributed by atoms with Crippen molar-refractivity contribution in [3.05, 3.63) is 54.4 Å². The van der Waals surface area contributed by atoms with Crippen molar-refractivity contribution in [3.63, 3.8) is 0 Å². The lowest BCUT2D eigenvalue weighted by Gasteiger charge is -2.03. The minimum atomic E-state index is -0.0877. The molecule has 6 nitrogen and oxygen atoms in total. The van der Waals surface area contributed by atoms with Gasteiger partial charge in [0.25, 0.3) is 11.8 Å². The molecule has 0 radical (unpaired) electrons. The highest BCUT2D eigenvalue weighted by Crippen LogP contribution is 2.14. The Morgan fingerprint density at radius 3 is 2.76 bits per heavy atom. The Hall–Kier alpha value is -2.89. The van der Waals surface area contributed by atoms with E-state index < -0.39 is 0 Å². The maximum atomic E-state index is 12.1. The van der Waals surface area contributed by atoms with Gasteiger partial charge in [-0.05, 0) is 25.0 Å². The zero-order chi connectivity index (χ0) is 17.5. The first-order chi connectivity index (χ1) is 12.2. The Bertz CT molecular complexity index is 804. The molecule has 3 rings (SSSR count). The molecule has 6 heteroatoms. The normalized spacial score (nSPS) is 10.9. The summed E-state index contributed by atoms with van der Waals surface area (Å²) >= 11 is 0. The predicted octanol–water partition coefficient (Wildman–Crippen LogP) is 3.72. The summed E-state index contributed by atoms with van der Waals surface area (Å²) in [5.41, 5.74) is 1.54. The van der Waals surface area contributed by atoms with Gasteiger partial charge in [0, 0.05) is 23.9 Å². The second kappa shape index (κ2) is 8.28. The molecule has 1 amide bonds. The van der Waals surface area contributed by atoms with Crippen LogP contribution in [-0.2, 0) is 0 Å². The van der Waals surface area contributed by atoms with Crippen LogP contribution in [0.1, 0.15) is 53.3 Å². The second-order valence-corrected chi connectivity index (χ2v) is 5.95. The number of rotatable bonds is 9. The first-order valence-electron chi connectivity index (χ1n) is 8.53. The van der Waals surface area contributed by atoms with Crippen molar-refractivity contribution in [3.8, 4) is 0 Å². The molecule has 0 atom stereocenters. The molecule has 0 bridgehead atoms. The lowest BCUT2D eigenvalue weighted by molar-refractivity contribution is 0.0942. The summed E-state index contributed by atoms with van der Waals surface area (Å²) in [6.07, 6.45) is 6.92. The van der Waals surface area contributed by atoms with Crippen LogP contribution in [0.25, 0.3) is 10.9 Å². The Morgan fingerprint density at radius 1 is 1.12 bits per heavy atom. The minimum Gasteiger partial charge on any atom is -0.442 e. The average Bonchev–Trinajstić information content (AvgIpc) is 3.29. The molecule has 0 spiro atoms. The number of para-hydroxylation sites is 1. The lowest BCUT2D eigenvalue weighted by Crippen LogP contribution is -2.24. The number of aromatic amines is 1. The number of unbranched alkanes of at least 4 members (excludes halogenated alkanes) is 3. The van der Waals surface area contributed by atoms with Crippen LogP contribution < -0.4 is 5.32 Å². The molecule has 0 unspecified atom stereocenters. The molecule has 0 fully saturated rings. The van der Waals surface area contributed by atoms with Crippen LogP contribution in [-0.4, -0.2) is 28.2 Å². The highest BCUT2D eigenvalue weighted by Gasteiger charge is 2.10. The Balaban J connectivity index is 1.30. The molecule has 2 aromatic heterocycles. The number of benzene rings is 1. The Morgan fingerprint density at radius 2 is 1.96 bits per heavy atom. The van der Waals surface area contributed by atoms with E-state index in [0.717, 1.165) is 36.6 Å². The van der Waals surface area contributed by atoms with Crippen molar-refractivity contribution in [2.24, 2.45) is 0 Å². The molecule has 3 aromatic rings. The molecule has 25 heavy (non-hydrogen) atoms. The van der Waals surface area contributed by atoms with Crippen LogP contribution >= 0.6 is 0 Å². The standard InChI is InChI=1S/C19H21N3O3/c23-17(19-21-11-12-25-19)9-3-1-2-6-10-20-18(24)16-13-14-7-4-5-8-15(14)22-16/h4-5,7-8,11-13,22H,1-3,6,9-10H2,(H,20,24). The number of aromatic nitrogens is 2. The summed E-state index contributed by atoms with van der Waals surface area (Å²) in [6, 6.07) is 9.67. The third-order valence-corrected chi connectivity index (χ3v) is 4.06. The fraction of sp³-hybridized carbons (Fsp3) is 0.316. The number of hydrogen-bond donors (Lipinski definition) is 2. The van der Waals surface area contributed by atoms with Crippen molar-refractivity contribution in [2.45, 2.75) is 32.1 Å². The van der Waals surface area contributed by atoms with Gasteiger partial charge in [0.15, 0.2) is 0 Å². The molecule has 0 aliphatic carbocycles. The van der Waals surface area contributed by atoms with E-state index in [0.29, 0.717) is 18.7 Å². The maximum Gasteiger partial charge on any atom is 0.267 e. The number of H-pyrrole nitrogens is 1. The SMILES string of the molecule is O=C(NCCCCCCC(=O)c1ncco1)c1cc2ccccc2[nH]1. The Labute approximate surface area is 145 Å². The zero-order valence-corrected chi connectivity index (χ0v) is 14.0. The molecule has 0 aliphatic heterocycles. The minimum absolute atomic E-state index is 0.0582. The molecular formula is C19H21N3O3. The highest BCUT2D eigenvalue weighted by atomic mass is 16.3. The van der Waals surface area contributed by atoms with E-state index in [4.69, 9.17) is 4.42 Å². The van der Waals surface area contributed by atoms with Gasteiger partial charge in [-0.25, -0.2) is 4.98 Å². The third kappa shape index (κ3) is 4.56. The number of nitrogens with one attached hydrogen (secondary N) is 2. The van der Waals surface area contributed by atoms with Crippen molar-refractivity contribution >= 4 is 22.6 Å². The molecule has 1 aromatic carbocycles. The first-order valence-corrected chi connectivity index (χ1v) is 8.53. The predicted molar refractivity (Wildman–Crippen MR) is 94.6 cm³/mol. The van der Waals surface area contributed by atoms with Gasteiger partial charge in [-0.2, -0.15) is 0 Å². The first kappa shape index (κ1) is 17.0. The number of carbonyl (C=O) groups is 2. The number of amides is 1. The van der Waals surface area contributed by atoms with Crippen LogP contribution in [0.15, 0.2) is 47.2 Å². The number of nitrogens with zero attached hydrogens (tertiary/aromatic N) is 1. The van der Waals surface area contributed by atoms with E-state index in [1.54, 1.807) is 0 Å². The quantitative estimate of drug-likeness (QED) is 0.459. The van der Waals surface area contributed by atoms with E-state index >= 15 is 0 Å². The second-order valence-electron chi connectivity index (χ2n) is 5.95. The molecule has 2 heterocycles. The molecule has 2 N–H and O–H groups in total. The number of oxazole rings is 1. The summed E-state index contributed by atoms with van der Waals surface area (Å²) in [5.74, 6) is 0.0398. The van der Waals surface area contributed by atoms with Gasteiger partial charge in [0.05, 0.1) is 6.20 Å². The van der Waals surface area contributed by atoms with Gasteiger partial charge in [-0.15, -0.1) is 0 Å². The maximum absolute atomic E-state index is 12.1. The lowest BCUT2D eigenvalue weighted by atomic mass is 10.1. The van der Waals surface area contributed by atoms with Crippen LogP contribution in [0.3, 0.4) is 0 Å². The molecule has 0 saturated heterocycles. The number of carbonyl (C=O) groups excluding carboxylic acids is 2. The smallest absolute Gasteiger partial charge is 0.267 e. The monoisotopic (exact) mass is 339 g/mol. The largest absolute Gasteiger partial charge is 0.442 e. The number of hydrogen-bond acceptors (Lipinski definition) is 4. The summed E-state index contributed by atoms with van der Waals surface area (Å²) in [6.45, 7) is 0.627.